The third-order valence-electron chi connectivity index (χ3n) is 15.6. The van der Waals surface area contributed by atoms with Crippen molar-refractivity contribution < 1.29 is 66.6 Å². The minimum Gasteiger partial charge on any atom is -0.469 e. The fourth-order valence-electron chi connectivity index (χ4n) is 9.03. The molecule has 16 heteroatoms. The second kappa shape index (κ2) is 32.5. The SMILES string of the molecule is CCOC(C)=O.COC(=O)CCC/C=C\CC1[C@@H](CO[Si](C)(C)C(C)(C)C)[C@H](OC2CCCCO2)C[C@@H]1O.COC(=O)CCCCCCC1[C@@H](CO[Si](C)(C)C(C)(C)C)[C@H](OC2CCCCO2)C[C@@H]1O. The summed E-state index contributed by atoms with van der Waals surface area (Å²) in [6.45, 7) is 29.1. The Kier molecular flexibility index (Phi) is 29.9. The number of hydrogen-bond acceptors (Lipinski definition) is 14. The van der Waals surface area contributed by atoms with E-state index in [-0.39, 0.29) is 82.5 Å². The summed E-state index contributed by atoms with van der Waals surface area (Å²) in [7, 11) is -0.925. The van der Waals surface area contributed by atoms with Gasteiger partial charge in [-0.15, -0.1) is 0 Å². The minimum atomic E-state index is -1.90. The van der Waals surface area contributed by atoms with E-state index in [9.17, 15) is 24.6 Å². The van der Waals surface area contributed by atoms with Crippen molar-refractivity contribution in [3.05, 3.63) is 12.2 Å². The zero-order valence-corrected chi connectivity index (χ0v) is 48.5. The zero-order valence-electron chi connectivity index (χ0n) is 46.5. The van der Waals surface area contributed by atoms with Crippen LogP contribution in [0.5, 0.6) is 0 Å². The first-order valence-electron chi connectivity index (χ1n) is 27.0. The van der Waals surface area contributed by atoms with Crippen molar-refractivity contribution in [3.8, 4) is 0 Å². The number of methoxy groups -OCH3 is 2. The second-order valence-corrected chi connectivity index (χ2v) is 32.6. The van der Waals surface area contributed by atoms with Crippen molar-refractivity contribution in [2.24, 2.45) is 23.7 Å². The van der Waals surface area contributed by atoms with Crippen molar-refractivity contribution in [2.75, 3.05) is 47.3 Å². The Labute approximate surface area is 426 Å². The van der Waals surface area contributed by atoms with E-state index < -0.39 is 22.7 Å². The van der Waals surface area contributed by atoms with Gasteiger partial charge in [-0.2, -0.15) is 0 Å². The molecule has 4 rings (SSSR count). The van der Waals surface area contributed by atoms with Crippen LogP contribution >= 0.6 is 0 Å². The van der Waals surface area contributed by atoms with Crippen LogP contribution in [0.25, 0.3) is 0 Å². The van der Waals surface area contributed by atoms with Gasteiger partial charge in [0.15, 0.2) is 29.2 Å². The second-order valence-electron chi connectivity index (χ2n) is 23.0. The van der Waals surface area contributed by atoms with E-state index in [2.05, 4.69) is 89.4 Å². The van der Waals surface area contributed by atoms with Crippen molar-refractivity contribution in [1.82, 2.24) is 0 Å². The van der Waals surface area contributed by atoms with Crippen molar-refractivity contribution >= 4 is 34.5 Å². The maximum absolute atomic E-state index is 11.3. The van der Waals surface area contributed by atoms with E-state index >= 15 is 0 Å². The Balaban J connectivity index is 0.000000430. The average molecular weight is 1030 g/mol. The summed E-state index contributed by atoms with van der Waals surface area (Å²) >= 11 is 0. The monoisotopic (exact) mass is 1030 g/mol. The zero-order chi connectivity index (χ0) is 52.5. The van der Waals surface area contributed by atoms with Gasteiger partial charge < -0.3 is 52.2 Å². The van der Waals surface area contributed by atoms with Gasteiger partial charge in [-0.25, -0.2) is 0 Å². The summed E-state index contributed by atoms with van der Waals surface area (Å²) < 4.78 is 51.5. The molecule has 0 amide bonds. The van der Waals surface area contributed by atoms with E-state index in [1.807, 2.05) is 0 Å². The highest BCUT2D eigenvalue weighted by atomic mass is 28.4. The molecule has 0 radical (unpaired) electrons. The van der Waals surface area contributed by atoms with Crippen LogP contribution in [-0.4, -0.2) is 129 Å². The van der Waals surface area contributed by atoms with Crippen molar-refractivity contribution in [3.63, 3.8) is 0 Å². The van der Waals surface area contributed by atoms with Crippen LogP contribution in [0.3, 0.4) is 0 Å². The van der Waals surface area contributed by atoms with Crippen molar-refractivity contribution in [2.45, 2.75) is 244 Å². The van der Waals surface area contributed by atoms with Crippen LogP contribution < -0.4 is 0 Å². The fourth-order valence-corrected chi connectivity index (χ4v) is 11.1. The lowest BCUT2D eigenvalue weighted by molar-refractivity contribution is -0.198. The molecular formula is C54H102O14Si2. The van der Waals surface area contributed by atoms with Crippen molar-refractivity contribution in [1.29, 1.82) is 0 Å². The molecule has 4 aliphatic rings. The highest BCUT2D eigenvalue weighted by Crippen LogP contribution is 2.44. The molecule has 0 aromatic rings. The summed E-state index contributed by atoms with van der Waals surface area (Å²) in [6, 6.07) is 0. The number of allylic oxidation sites excluding steroid dienone is 2. The van der Waals surface area contributed by atoms with E-state index in [0.29, 0.717) is 45.5 Å². The lowest BCUT2D eigenvalue weighted by Crippen LogP contribution is -2.44. The Morgan fingerprint density at radius 2 is 1.09 bits per heavy atom. The van der Waals surface area contributed by atoms with E-state index in [1.165, 1.54) is 21.1 Å². The highest BCUT2D eigenvalue weighted by molar-refractivity contribution is 6.74. The van der Waals surface area contributed by atoms with Crippen LogP contribution in [0.2, 0.25) is 36.3 Å². The number of carbonyl (C=O) groups excluding carboxylic acids is 3. The maximum atomic E-state index is 11.3. The number of unbranched alkanes of at least 4 members (excludes halogenated alkanes) is 4. The van der Waals surface area contributed by atoms with Gasteiger partial charge in [-0.1, -0.05) is 73.0 Å². The number of rotatable bonds is 24. The van der Waals surface area contributed by atoms with Gasteiger partial charge in [0.1, 0.15) is 0 Å². The van der Waals surface area contributed by atoms with Gasteiger partial charge in [-0.3, -0.25) is 14.4 Å². The van der Waals surface area contributed by atoms with Crippen LogP contribution in [0.1, 0.15) is 171 Å². The Bertz CT molecular complexity index is 1480. The summed E-state index contributed by atoms with van der Waals surface area (Å²) in [6.07, 6.45) is 19.0. The predicted molar refractivity (Wildman–Crippen MR) is 280 cm³/mol. The van der Waals surface area contributed by atoms with E-state index in [4.69, 9.17) is 32.5 Å². The first-order chi connectivity index (χ1) is 32.9. The summed E-state index contributed by atoms with van der Waals surface area (Å²) in [4.78, 5) is 32.3. The molecule has 14 nitrogen and oxygen atoms in total. The molecule has 0 bridgehead atoms. The quantitative estimate of drug-likeness (QED) is 0.0307. The predicted octanol–water partition coefficient (Wildman–Crippen LogP) is 11.2. The number of esters is 3. The molecule has 2 saturated carbocycles. The van der Waals surface area contributed by atoms with E-state index in [0.717, 1.165) is 103 Å². The molecule has 2 heterocycles. The molecular weight excluding hydrogens is 929 g/mol. The van der Waals surface area contributed by atoms with Crippen LogP contribution in [0.15, 0.2) is 12.2 Å². The number of ether oxygens (including phenoxy) is 7. The molecule has 4 fully saturated rings. The fraction of sp³-hybridized carbons (Fsp3) is 0.907. The molecule has 2 aliphatic carbocycles. The van der Waals surface area contributed by atoms with Gasteiger partial charge in [0.05, 0.1) is 45.2 Å². The first-order valence-corrected chi connectivity index (χ1v) is 32.8. The summed E-state index contributed by atoms with van der Waals surface area (Å²) in [5.41, 5.74) is 0. The molecule has 0 aromatic carbocycles. The molecule has 2 aliphatic heterocycles. The van der Waals surface area contributed by atoms with Gasteiger partial charge in [0, 0.05) is 70.9 Å². The maximum Gasteiger partial charge on any atom is 0.305 e. The highest BCUT2D eigenvalue weighted by Gasteiger charge is 2.48. The van der Waals surface area contributed by atoms with Gasteiger partial charge in [0.25, 0.3) is 0 Å². The largest absolute Gasteiger partial charge is 0.469 e. The molecule has 4 unspecified atom stereocenters. The van der Waals surface area contributed by atoms with Gasteiger partial charge >= 0.3 is 17.9 Å². The summed E-state index contributed by atoms with van der Waals surface area (Å²) in [5.74, 6) is 0.113. The Morgan fingerprint density at radius 3 is 1.50 bits per heavy atom. The van der Waals surface area contributed by atoms with E-state index in [1.54, 1.807) is 6.92 Å². The molecule has 0 spiro atoms. The molecule has 410 valence electrons. The van der Waals surface area contributed by atoms with Gasteiger partial charge in [-0.05, 0) is 126 Å². The Morgan fingerprint density at radius 1 is 0.629 bits per heavy atom. The average Bonchev–Trinajstić information content (AvgIpc) is 3.75. The lowest BCUT2D eigenvalue weighted by Gasteiger charge is -2.38. The molecule has 10 atom stereocenters. The first kappa shape index (κ1) is 64.4. The molecule has 0 aromatic heterocycles. The smallest absolute Gasteiger partial charge is 0.305 e. The number of carbonyl (C=O) groups is 3. The Hall–Kier alpha value is -1.74. The standard InChI is InChI=1S/C25H48O6Si.C25H46O6Si.C4H8O2/c2*1-25(2,3)32(5,6)30-18-20-19(13-9-7-8-10-14-23(27)28-4)21(26)17-22(20)31-24-15-11-12-16-29-24;1-3-6-4(2)5/h19-22,24,26H,7-18H2,1-6H3;7,9,19-22,24,26H,8,10-18H2,1-6H3;3H2,1-2H3/b;9-7-;/t2*19?,20-,21+,22-,24?;/m11./s1. The number of hydrogen-bond donors (Lipinski definition) is 2. The van der Waals surface area contributed by atoms with Crippen LogP contribution in [-0.2, 0) is 56.4 Å². The van der Waals surface area contributed by atoms with Crippen LogP contribution in [0.4, 0.5) is 0 Å². The minimum absolute atomic E-state index is 0.0119. The molecule has 2 saturated heterocycles. The van der Waals surface area contributed by atoms with Crippen LogP contribution in [0, 0.1) is 23.7 Å². The molecule has 2 N–H and O–H groups in total. The number of aliphatic hydroxyl groups excluding tert-OH is 2. The third kappa shape index (κ3) is 23.6. The molecule has 70 heavy (non-hydrogen) atoms. The summed E-state index contributed by atoms with van der Waals surface area (Å²) in [5, 5.41) is 22.1. The normalized spacial score (nSPS) is 27.5. The topological polar surface area (TPSA) is 175 Å². The third-order valence-corrected chi connectivity index (χ3v) is 24.6. The van der Waals surface area contributed by atoms with Gasteiger partial charge in [0.2, 0.25) is 0 Å². The lowest BCUT2D eigenvalue weighted by atomic mass is 9.89. The number of aliphatic hydroxyl groups is 2.